The van der Waals surface area contributed by atoms with Gasteiger partial charge in [-0.1, -0.05) is 41.9 Å². The molecule has 0 aromatic heterocycles. The topological polar surface area (TPSA) is 29.4 Å². The van der Waals surface area contributed by atoms with Crippen molar-refractivity contribution in [2.24, 2.45) is 4.99 Å². The van der Waals surface area contributed by atoms with Gasteiger partial charge < -0.3 is 0 Å². The van der Waals surface area contributed by atoms with Crippen molar-refractivity contribution in [1.82, 2.24) is 0 Å². The summed E-state index contributed by atoms with van der Waals surface area (Å²) in [5, 5.41) is 2.76. The number of carbonyl (C=O) groups excluding carboxylic acids is 1. The average molecular weight is 274 g/mol. The smallest absolute Gasteiger partial charge is 0.195 e. The van der Waals surface area contributed by atoms with Gasteiger partial charge >= 0.3 is 0 Å². The van der Waals surface area contributed by atoms with Gasteiger partial charge in [-0.25, -0.2) is 0 Å². The number of aliphatic imine (C=N–C) groups is 1. The van der Waals surface area contributed by atoms with Gasteiger partial charge in [0.25, 0.3) is 0 Å². The van der Waals surface area contributed by atoms with E-state index in [0.717, 1.165) is 0 Å². The highest BCUT2D eigenvalue weighted by Gasteiger charge is 2.13. The first-order valence-electron chi connectivity index (χ1n) is 5.19. The number of isothiocyanates is 1. The van der Waals surface area contributed by atoms with E-state index in [4.69, 9.17) is 11.6 Å². The van der Waals surface area contributed by atoms with Gasteiger partial charge in [0, 0.05) is 16.1 Å². The van der Waals surface area contributed by atoms with Gasteiger partial charge in [-0.05, 0) is 30.4 Å². The van der Waals surface area contributed by atoms with E-state index in [1.165, 1.54) is 0 Å². The van der Waals surface area contributed by atoms with E-state index in [-0.39, 0.29) is 5.78 Å². The zero-order valence-electron chi connectivity index (χ0n) is 9.26. The predicted molar refractivity (Wildman–Crippen MR) is 76.0 cm³/mol. The Morgan fingerprint density at radius 1 is 1.17 bits per heavy atom. The number of nitrogens with zero attached hydrogens (tertiary/aromatic N) is 1. The number of benzene rings is 2. The zero-order valence-corrected chi connectivity index (χ0v) is 10.8. The fraction of sp³-hybridized carbons (Fsp3) is 0. The molecule has 0 fully saturated rings. The van der Waals surface area contributed by atoms with E-state index in [9.17, 15) is 4.79 Å². The molecule has 0 heterocycles. The predicted octanol–water partition coefficient (Wildman–Crippen LogP) is 4.31. The van der Waals surface area contributed by atoms with Crippen molar-refractivity contribution in [3.05, 3.63) is 64.7 Å². The summed E-state index contributed by atoms with van der Waals surface area (Å²) in [7, 11) is 0. The van der Waals surface area contributed by atoms with Gasteiger partial charge in [0.15, 0.2) is 5.78 Å². The molecule has 0 amide bonds. The van der Waals surface area contributed by atoms with E-state index < -0.39 is 0 Å². The van der Waals surface area contributed by atoms with E-state index in [2.05, 4.69) is 22.4 Å². The molecule has 0 unspecified atom stereocenters. The van der Waals surface area contributed by atoms with Crippen LogP contribution in [0.2, 0.25) is 5.02 Å². The third kappa shape index (κ3) is 2.71. The minimum Gasteiger partial charge on any atom is -0.289 e. The molecule has 0 aliphatic carbocycles. The number of carbonyl (C=O) groups is 1. The number of hydrogen-bond donors (Lipinski definition) is 0. The molecule has 2 aromatic carbocycles. The van der Waals surface area contributed by atoms with Crippen LogP contribution in [0.4, 0.5) is 5.69 Å². The molecule has 0 saturated carbocycles. The van der Waals surface area contributed by atoms with Crippen LogP contribution in [-0.4, -0.2) is 10.9 Å². The minimum absolute atomic E-state index is 0.115. The van der Waals surface area contributed by atoms with Gasteiger partial charge in [0.1, 0.15) is 0 Å². The summed E-state index contributed by atoms with van der Waals surface area (Å²) in [6.07, 6.45) is 0. The van der Waals surface area contributed by atoms with Crippen molar-refractivity contribution >= 4 is 40.5 Å². The summed E-state index contributed by atoms with van der Waals surface area (Å²) < 4.78 is 0. The Balaban J connectivity index is 2.51. The number of halogens is 1. The molecule has 0 atom stereocenters. The standard InChI is InChI=1S/C14H8ClNOS/c15-11-6-7-12(13(8-11)16-9-18)14(17)10-4-2-1-3-5-10/h1-8H. The summed E-state index contributed by atoms with van der Waals surface area (Å²) in [6.45, 7) is 0. The molecule has 0 aliphatic rings. The van der Waals surface area contributed by atoms with Crippen LogP contribution >= 0.6 is 23.8 Å². The number of rotatable bonds is 3. The van der Waals surface area contributed by atoms with Crippen LogP contribution in [0.5, 0.6) is 0 Å². The lowest BCUT2D eigenvalue weighted by Crippen LogP contribution is -2.01. The van der Waals surface area contributed by atoms with Crippen LogP contribution in [0.15, 0.2) is 53.5 Å². The lowest BCUT2D eigenvalue weighted by Gasteiger charge is -2.04. The molecule has 0 radical (unpaired) electrons. The van der Waals surface area contributed by atoms with Gasteiger partial charge in [0.2, 0.25) is 0 Å². The highest BCUT2D eigenvalue weighted by atomic mass is 35.5. The lowest BCUT2D eigenvalue weighted by molar-refractivity contribution is 0.103. The van der Waals surface area contributed by atoms with Gasteiger partial charge in [-0.2, -0.15) is 4.99 Å². The summed E-state index contributed by atoms with van der Waals surface area (Å²) in [4.78, 5) is 16.2. The molecule has 88 valence electrons. The van der Waals surface area contributed by atoms with Crippen LogP contribution in [-0.2, 0) is 0 Å². The molecule has 4 heteroatoms. The van der Waals surface area contributed by atoms with Crippen LogP contribution < -0.4 is 0 Å². The van der Waals surface area contributed by atoms with Crippen molar-refractivity contribution in [2.45, 2.75) is 0 Å². The SMILES string of the molecule is O=C(c1ccccc1)c1ccc(Cl)cc1N=C=S. The fourth-order valence-corrected chi connectivity index (χ4v) is 1.85. The van der Waals surface area contributed by atoms with Crippen molar-refractivity contribution in [3.8, 4) is 0 Å². The first-order chi connectivity index (χ1) is 8.72. The average Bonchev–Trinajstić information content (AvgIpc) is 2.40. The highest BCUT2D eigenvalue weighted by molar-refractivity contribution is 7.78. The van der Waals surface area contributed by atoms with Crippen LogP contribution in [0.3, 0.4) is 0 Å². The maximum absolute atomic E-state index is 12.3. The molecule has 0 bridgehead atoms. The molecule has 2 rings (SSSR count). The fourth-order valence-electron chi connectivity index (χ4n) is 1.58. The first kappa shape index (κ1) is 12.7. The molecule has 2 nitrogen and oxygen atoms in total. The summed E-state index contributed by atoms with van der Waals surface area (Å²) >= 11 is 10.4. The number of hydrogen-bond acceptors (Lipinski definition) is 3. The second-order valence-corrected chi connectivity index (χ2v) is 4.18. The van der Waals surface area contributed by atoms with E-state index >= 15 is 0 Å². The molecule has 0 N–H and O–H groups in total. The quantitative estimate of drug-likeness (QED) is 0.474. The molecular weight excluding hydrogens is 266 g/mol. The van der Waals surface area contributed by atoms with Crippen molar-refractivity contribution in [2.75, 3.05) is 0 Å². The number of ketones is 1. The maximum Gasteiger partial charge on any atom is 0.195 e. The Morgan fingerprint density at radius 2 is 1.89 bits per heavy atom. The molecule has 0 aliphatic heterocycles. The monoisotopic (exact) mass is 273 g/mol. The Morgan fingerprint density at radius 3 is 2.56 bits per heavy atom. The summed E-state index contributed by atoms with van der Waals surface area (Å²) in [5.41, 5.74) is 1.50. The van der Waals surface area contributed by atoms with Crippen molar-refractivity contribution in [3.63, 3.8) is 0 Å². The third-order valence-corrected chi connectivity index (χ3v) is 2.73. The first-order valence-corrected chi connectivity index (χ1v) is 5.98. The lowest BCUT2D eigenvalue weighted by atomic mass is 10.0. The molecular formula is C14H8ClNOS. The van der Waals surface area contributed by atoms with E-state index in [1.54, 1.807) is 30.3 Å². The van der Waals surface area contributed by atoms with Crippen molar-refractivity contribution < 1.29 is 4.79 Å². The molecule has 18 heavy (non-hydrogen) atoms. The minimum atomic E-state index is -0.115. The normalized spacial score (nSPS) is 9.61. The van der Waals surface area contributed by atoms with E-state index in [1.807, 2.05) is 18.2 Å². The van der Waals surface area contributed by atoms with Gasteiger partial charge in [-0.3, -0.25) is 4.79 Å². The highest BCUT2D eigenvalue weighted by Crippen LogP contribution is 2.25. The summed E-state index contributed by atoms with van der Waals surface area (Å²) in [6, 6.07) is 13.9. The van der Waals surface area contributed by atoms with Crippen molar-refractivity contribution in [1.29, 1.82) is 0 Å². The van der Waals surface area contributed by atoms with Gasteiger partial charge in [0.05, 0.1) is 10.8 Å². The molecule has 0 spiro atoms. The van der Waals surface area contributed by atoms with Gasteiger partial charge in [-0.15, -0.1) is 0 Å². The summed E-state index contributed by atoms with van der Waals surface area (Å²) in [5.74, 6) is -0.115. The zero-order chi connectivity index (χ0) is 13.0. The van der Waals surface area contributed by atoms with Crippen LogP contribution in [0, 0.1) is 0 Å². The number of thiocarbonyl (C=S) groups is 1. The second-order valence-electron chi connectivity index (χ2n) is 3.56. The van der Waals surface area contributed by atoms with Crippen LogP contribution in [0.25, 0.3) is 0 Å². The Kier molecular flexibility index (Phi) is 4.00. The van der Waals surface area contributed by atoms with Crippen LogP contribution in [0.1, 0.15) is 15.9 Å². The molecule has 2 aromatic rings. The second kappa shape index (κ2) is 5.69. The Labute approximate surface area is 115 Å². The maximum atomic E-state index is 12.3. The Bertz CT molecular complexity index is 633. The largest absolute Gasteiger partial charge is 0.289 e. The van der Waals surface area contributed by atoms with E-state index in [0.29, 0.717) is 21.8 Å². The third-order valence-electron chi connectivity index (χ3n) is 2.41. The molecule has 0 saturated heterocycles. The Hall–Kier alpha value is -1.80.